The number of aromatic nitrogens is 1. The van der Waals surface area contributed by atoms with E-state index < -0.39 is 15.9 Å². The summed E-state index contributed by atoms with van der Waals surface area (Å²) in [6, 6.07) is 6.03. The second-order valence-electron chi connectivity index (χ2n) is 5.90. The van der Waals surface area contributed by atoms with Crippen LogP contribution >= 0.6 is 11.3 Å². The van der Waals surface area contributed by atoms with E-state index in [2.05, 4.69) is 10.3 Å². The van der Waals surface area contributed by atoms with E-state index in [9.17, 15) is 13.2 Å². The quantitative estimate of drug-likeness (QED) is 0.877. The minimum atomic E-state index is -3.69. The molecule has 1 fully saturated rings. The Morgan fingerprint density at radius 1 is 1.32 bits per heavy atom. The predicted molar refractivity (Wildman–Crippen MR) is 95.3 cm³/mol. The third-order valence-corrected chi connectivity index (χ3v) is 6.29. The van der Waals surface area contributed by atoms with Crippen molar-refractivity contribution in [1.82, 2.24) is 9.29 Å². The summed E-state index contributed by atoms with van der Waals surface area (Å²) in [5.74, 6) is -0.393. The van der Waals surface area contributed by atoms with Crippen LogP contribution in [0.5, 0.6) is 0 Å². The number of morpholine rings is 1. The third-order valence-electron chi connectivity index (χ3n) is 3.77. The number of sulfonamides is 1. The van der Waals surface area contributed by atoms with Crippen molar-refractivity contribution in [3.63, 3.8) is 0 Å². The van der Waals surface area contributed by atoms with Gasteiger partial charge in [-0.2, -0.15) is 4.31 Å². The number of carbonyl (C=O) groups is 1. The van der Waals surface area contributed by atoms with Gasteiger partial charge in [-0.1, -0.05) is 6.07 Å². The van der Waals surface area contributed by atoms with Crippen LogP contribution < -0.4 is 5.32 Å². The van der Waals surface area contributed by atoms with E-state index in [1.807, 2.05) is 13.8 Å². The number of amides is 1. The van der Waals surface area contributed by atoms with Crippen LogP contribution in [0.2, 0.25) is 0 Å². The maximum Gasteiger partial charge on any atom is 0.257 e. The molecule has 0 aliphatic carbocycles. The van der Waals surface area contributed by atoms with Crippen molar-refractivity contribution in [2.75, 3.05) is 18.4 Å². The standard InChI is InChI=1S/C16H19N3O4S2/c1-11-9-19(10-12(2)23-11)25(21,22)14-5-3-4-13(8-14)15(20)18-16-17-6-7-24-16/h3-8,11-12H,9-10H2,1-2H3,(H,17,18,20)/t11-,12-/m0/s1. The number of anilines is 1. The maximum absolute atomic E-state index is 12.9. The number of carbonyl (C=O) groups excluding carboxylic acids is 1. The lowest BCUT2D eigenvalue weighted by atomic mass is 10.2. The number of hydrogen-bond donors (Lipinski definition) is 1. The molecule has 9 heteroatoms. The number of hydrogen-bond acceptors (Lipinski definition) is 6. The van der Waals surface area contributed by atoms with Crippen LogP contribution in [0.25, 0.3) is 0 Å². The van der Waals surface area contributed by atoms with Crippen LogP contribution in [0.15, 0.2) is 40.7 Å². The van der Waals surface area contributed by atoms with Crippen molar-refractivity contribution in [2.45, 2.75) is 31.0 Å². The van der Waals surface area contributed by atoms with Crippen LogP contribution in [0, 0.1) is 0 Å². The molecule has 1 aliphatic heterocycles. The van der Waals surface area contributed by atoms with Crippen molar-refractivity contribution in [3.8, 4) is 0 Å². The van der Waals surface area contributed by atoms with Crippen molar-refractivity contribution < 1.29 is 17.9 Å². The molecule has 3 rings (SSSR count). The van der Waals surface area contributed by atoms with Crippen LogP contribution in [-0.2, 0) is 14.8 Å². The van der Waals surface area contributed by atoms with Gasteiger partial charge in [-0.05, 0) is 32.0 Å². The highest BCUT2D eigenvalue weighted by atomic mass is 32.2. The zero-order valence-corrected chi connectivity index (χ0v) is 15.5. The lowest BCUT2D eigenvalue weighted by Crippen LogP contribution is -2.48. The molecule has 0 spiro atoms. The Hall–Kier alpha value is -1.81. The highest BCUT2D eigenvalue weighted by molar-refractivity contribution is 7.89. The van der Waals surface area contributed by atoms with E-state index >= 15 is 0 Å². The molecule has 134 valence electrons. The van der Waals surface area contributed by atoms with Gasteiger partial charge < -0.3 is 4.74 Å². The summed E-state index contributed by atoms with van der Waals surface area (Å²) < 4.78 is 32.8. The van der Waals surface area contributed by atoms with E-state index in [1.165, 1.54) is 27.8 Å². The van der Waals surface area contributed by atoms with Gasteiger partial charge in [-0.25, -0.2) is 13.4 Å². The highest BCUT2D eigenvalue weighted by Gasteiger charge is 2.32. The third kappa shape index (κ3) is 4.06. The normalized spacial score (nSPS) is 21.8. The second-order valence-corrected chi connectivity index (χ2v) is 8.73. The van der Waals surface area contributed by atoms with Crippen LogP contribution in [-0.4, -0.2) is 48.9 Å². The first-order chi connectivity index (χ1) is 11.9. The van der Waals surface area contributed by atoms with Gasteiger partial charge in [0, 0.05) is 30.2 Å². The van der Waals surface area contributed by atoms with Gasteiger partial charge in [0.2, 0.25) is 10.0 Å². The van der Waals surface area contributed by atoms with Gasteiger partial charge in [0.05, 0.1) is 17.1 Å². The van der Waals surface area contributed by atoms with Crippen LogP contribution in [0.4, 0.5) is 5.13 Å². The molecule has 0 saturated carbocycles. The Bertz CT molecular complexity index is 842. The molecule has 1 saturated heterocycles. The molecule has 1 aliphatic rings. The van der Waals surface area contributed by atoms with E-state index in [1.54, 1.807) is 23.7 Å². The van der Waals surface area contributed by atoms with Crippen LogP contribution in [0.1, 0.15) is 24.2 Å². The number of thiazole rings is 1. The van der Waals surface area contributed by atoms with Gasteiger partial charge in [-0.3, -0.25) is 10.1 Å². The summed E-state index contributed by atoms with van der Waals surface area (Å²) in [4.78, 5) is 16.4. The molecule has 1 aromatic carbocycles. The first kappa shape index (κ1) is 18.0. The number of nitrogens with one attached hydrogen (secondary N) is 1. The lowest BCUT2D eigenvalue weighted by Gasteiger charge is -2.34. The Morgan fingerprint density at radius 2 is 2.04 bits per heavy atom. The van der Waals surface area contributed by atoms with Gasteiger partial charge in [0.1, 0.15) is 0 Å². The molecule has 7 nitrogen and oxygen atoms in total. The fourth-order valence-corrected chi connectivity index (χ4v) is 4.89. The summed E-state index contributed by atoms with van der Waals surface area (Å²) in [6.45, 7) is 4.27. The average molecular weight is 381 g/mol. The number of rotatable bonds is 4. The van der Waals surface area contributed by atoms with Crippen molar-refractivity contribution in [3.05, 3.63) is 41.4 Å². The minimum Gasteiger partial charge on any atom is -0.373 e. The molecule has 0 unspecified atom stereocenters. The molecule has 1 aromatic heterocycles. The Morgan fingerprint density at radius 3 is 2.68 bits per heavy atom. The van der Waals surface area contributed by atoms with Crippen molar-refractivity contribution >= 4 is 32.4 Å². The fourth-order valence-electron chi connectivity index (χ4n) is 2.73. The van der Waals surface area contributed by atoms with Gasteiger partial charge >= 0.3 is 0 Å². The van der Waals surface area contributed by atoms with Gasteiger partial charge in [-0.15, -0.1) is 11.3 Å². The Kier molecular flexibility index (Phi) is 5.19. The molecule has 2 heterocycles. The van der Waals surface area contributed by atoms with Crippen LogP contribution in [0.3, 0.4) is 0 Å². The highest BCUT2D eigenvalue weighted by Crippen LogP contribution is 2.22. The fraction of sp³-hybridized carbons (Fsp3) is 0.375. The predicted octanol–water partition coefficient (Wildman–Crippen LogP) is 2.19. The largest absolute Gasteiger partial charge is 0.373 e. The minimum absolute atomic E-state index is 0.0978. The maximum atomic E-state index is 12.9. The van der Waals surface area contributed by atoms with Crippen molar-refractivity contribution in [2.24, 2.45) is 0 Å². The summed E-state index contributed by atoms with van der Waals surface area (Å²) in [5.41, 5.74) is 0.269. The monoisotopic (exact) mass is 381 g/mol. The summed E-state index contributed by atoms with van der Waals surface area (Å²) in [7, 11) is -3.69. The summed E-state index contributed by atoms with van der Waals surface area (Å²) in [5, 5.41) is 4.86. The number of benzene rings is 1. The summed E-state index contributed by atoms with van der Waals surface area (Å²) >= 11 is 1.30. The molecule has 2 aromatic rings. The van der Waals surface area contributed by atoms with E-state index in [4.69, 9.17) is 4.74 Å². The molecule has 1 N–H and O–H groups in total. The topological polar surface area (TPSA) is 88.6 Å². The molecule has 0 bridgehead atoms. The smallest absolute Gasteiger partial charge is 0.257 e. The molecule has 25 heavy (non-hydrogen) atoms. The molecule has 1 amide bonds. The molecule has 0 radical (unpaired) electrons. The van der Waals surface area contributed by atoms with Gasteiger partial charge in [0.25, 0.3) is 5.91 Å². The first-order valence-corrected chi connectivity index (χ1v) is 10.1. The zero-order valence-electron chi connectivity index (χ0n) is 13.9. The Balaban J connectivity index is 1.83. The summed E-state index contributed by atoms with van der Waals surface area (Å²) in [6.07, 6.45) is 1.24. The average Bonchev–Trinajstić information content (AvgIpc) is 3.07. The van der Waals surface area contributed by atoms with Gasteiger partial charge in [0.15, 0.2) is 5.13 Å². The van der Waals surface area contributed by atoms with Crippen molar-refractivity contribution in [1.29, 1.82) is 0 Å². The van der Waals surface area contributed by atoms with E-state index in [-0.39, 0.29) is 22.7 Å². The molecule has 2 atom stereocenters. The molecular weight excluding hydrogens is 362 g/mol. The zero-order chi connectivity index (χ0) is 18.0. The van der Waals surface area contributed by atoms with E-state index in [0.717, 1.165) is 0 Å². The Labute approximate surface area is 150 Å². The first-order valence-electron chi connectivity index (χ1n) is 7.83. The number of nitrogens with zero attached hydrogens (tertiary/aromatic N) is 2. The lowest BCUT2D eigenvalue weighted by molar-refractivity contribution is -0.0440. The molecular formula is C16H19N3O4S2. The second kappa shape index (κ2) is 7.20. The number of ether oxygens (including phenoxy) is 1. The van der Waals surface area contributed by atoms with E-state index in [0.29, 0.717) is 18.2 Å². The SMILES string of the molecule is C[C@H]1CN(S(=O)(=O)c2cccc(C(=O)Nc3nccs3)c2)C[C@H](C)O1.